The Balaban J connectivity index is 1.85. The number of nitrogens with two attached hydrogens (primary N) is 1. The highest BCUT2D eigenvalue weighted by Gasteiger charge is 2.32. The number of amides is 1. The zero-order valence-corrected chi connectivity index (χ0v) is 13.3. The molecule has 0 saturated heterocycles. The van der Waals surface area contributed by atoms with E-state index in [1.807, 2.05) is 0 Å². The van der Waals surface area contributed by atoms with E-state index < -0.39 is 17.8 Å². The molecule has 132 valence electrons. The van der Waals surface area contributed by atoms with Crippen molar-refractivity contribution in [3.8, 4) is 11.1 Å². The molecule has 2 aromatic heterocycles. The predicted molar refractivity (Wildman–Crippen MR) is 90.7 cm³/mol. The van der Waals surface area contributed by atoms with E-state index in [0.29, 0.717) is 11.4 Å². The Morgan fingerprint density at radius 3 is 2.35 bits per heavy atom. The van der Waals surface area contributed by atoms with Crippen LogP contribution in [-0.2, 0) is 6.18 Å². The first-order valence-electron chi connectivity index (χ1n) is 7.50. The van der Waals surface area contributed by atoms with Crippen molar-refractivity contribution in [1.29, 1.82) is 0 Å². The lowest BCUT2D eigenvalue weighted by Crippen LogP contribution is -2.10. The largest absolute Gasteiger partial charge is 0.433 e. The van der Waals surface area contributed by atoms with E-state index in [4.69, 9.17) is 5.73 Å². The Bertz CT molecular complexity index is 940. The van der Waals surface area contributed by atoms with E-state index in [2.05, 4.69) is 15.3 Å². The first kappa shape index (κ1) is 17.4. The van der Waals surface area contributed by atoms with Gasteiger partial charge in [-0.3, -0.25) is 4.79 Å². The number of anilines is 2. The zero-order valence-electron chi connectivity index (χ0n) is 13.3. The van der Waals surface area contributed by atoms with E-state index in [0.717, 1.165) is 17.2 Å². The standard InChI is InChI=1S/C18H13F3N4O/c19-18(20,21)14-2-1-3-15(24-14)25-16-10-13(8-9-23-16)11-4-6-12(7-5-11)17(22)26/h1-10H,(H2,22,26)(H,23,24,25). The van der Waals surface area contributed by atoms with Gasteiger partial charge in [-0.1, -0.05) is 18.2 Å². The highest BCUT2D eigenvalue weighted by atomic mass is 19.4. The first-order chi connectivity index (χ1) is 12.3. The van der Waals surface area contributed by atoms with Crippen molar-refractivity contribution in [2.24, 2.45) is 5.73 Å². The Hall–Kier alpha value is -3.42. The molecule has 3 N–H and O–H groups in total. The Kier molecular flexibility index (Phi) is 4.57. The Labute approximate surface area is 146 Å². The van der Waals surface area contributed by atoms with Crippen molar-refractivity contribution >= 4 is 17.5 Å². The molecule has 0 saturated carbocycles. The van der Waals surface area contributed by atoms with Crippen LogP contribution in [0.2, 0.25) is 0 Å². The number of benzene rings is 1. The number of halogens is 3. The molecule has 2 heterocycles. The van der Waals surface area contributed by atoms with Crippen LogP contribution in [0.1, 0.15) is 16.1 Å². The molecule has 0 radical (unpaired) electrons. The van der Waals surface area contributed by atoms with Crippen molar-refractivity contribution in [3.05, 3.63) is 72.1 Å². The SMILES string of the molecule is NC(=O)c1ccc(-c2ccnc(Nc3cccc(C(F)(F)F)n3)c2)cc1. The van der Waals surface area contributed by atoms with E-state index in [9.17, 15) is 18.0 Å². The van der Waals surface area contributed by atoms with Crippen LogP contribution in [0.15, 0.2) is 60.8 Å². The van der Waals surface area contributed by atoms with Crippen LogP contribution in [0.5, 0.6) is 0 Å². The molecule has 0 aliphatic heterocycles. The average molecular weight is 358 g/mol. The Morgan fingerprint density at radius 1 is 0.962 bits per heavy atom. The summed E-state index contributed by atoms with van der Waals surface area (Å²) in [7, 11) is 0. The van der Waals surface area contributed by atoms with Gasteiger partial charge in [-0.05, 0) is 47.5 Å². The number of hydrogen-bond donors (Lipinski definition) is 2. The highest BCUT2D eigenvalue weighted by molar-refractivity contribution is 5.93. The maximum absolute atomic E-state index is 12.7. The van der Waals surface area contributed by atoms with Gasteiger partial charge in [0.1, 0.15) is 17.3 Å². The molecular weight excluding hydrogens is 345 g/mol. The van der Waals surface area contributed by atoms with E-state index in [1.165, 1.54) is 18.3 Å². The fourth-order valence-electron chi connectivity index (χ4n) is 2.30. The second-order valence-corrected chi connectivity index (χ2v) is 5.40. The number of carbonyl (C=O) groups is 1. The lowest BCUT2D eigenvalue weighted by molar-refractivity contribution is -0.141. The van der Waals surface area contributed by atoms with Gasteiger partial charge in [-0.2, -0.15) is 13.2 Å². The third kappa shape index (κ3) is 3.97. The third-order valence-corrected chi connectivity index (χ3v) is 3.56. The van der Waals surface area contributed by atoms with E-state index in [1.54, 1.807) is 36.4 Å². The molecule has 0 fully saturated rings. The number of nitrogens with zero attached hydrogens (tertiary/aromatic N) is 2. The molecule has 26 heavy (non-hydrogen) atoms. The molecule has 3 aromatic rings. The number of aromatic nitrogens is 2. The molecule has 5 nitrogen and oxygen atoms in total. The molecular formula is C18H13F3N4O. The summed E-state index contributed by atoms with van der Waals surface area (Å²) < 4.78 is 38.2. The second kappa shape index (κ2) is 6.83. The topological polar surface area (TPSA) is 80.9 Å². The Morgan fingerprint density at radius 2 is 1.69 bits per heavy atom. The second-order valence-electron chi connectivity index (χ2n) is 5.40. The summed E-state index contributed by atoms with van der Waals surface area (Å²) in [6.45, 7) is 0. The summed E-state index contributed by atoms with van der Waals surface area (Å²) >= 11 is 0. The average Bonchev–Trinajstić information content (AvgIpc) is 2.61. The molecule has 0 spiro atoms. The summed E-state index contributed by atoms with van der Waals surface area (Å²) in [5, 5.41) is 2.76. The smallest absolute Gasteiger partial charge is 0.366 e. The number of nitrogens with one attached hydrogen (secondary N) is 1. The van der Waals surface area contributed by atoms with Crippen LogP contribution >= 0.6 is 0 Å². The lowest BCUT2D eigenvalue weighted by Gasteiger charge is -2.10. The minimum absolute atomic E-state index is 0.0357. The molecule has 0 aliphatic rings. The van der Waals surface area contributed by atoms with Crippen molar-refractivity contribution in [3.63, 3.8) is 0 Å². The van der Waals surface area contributed by atoms with Gasteiger partial charge in [0.2, 0.25) is 5.91 Å². The normalized spacial score (nSPS) is 11.2. The van der Waals surface area contributed by atoms with Gasteiger partial charge in [0.05, 0.1) is 0 Å². The quantitative estimate of drug-likeness (QED) is 0.739. The monoisotopic (exact) mass is 358 g/mol. The van der Waals surface area contributed by atoms with Crippen LogP contribution in [0.4, 0.5) is 24.8 Å². The molecule has 3 rings (SSSR count). The van der Waals surface area contributed by atoms with Gasteiger partial charge in [0.15, 0.2) is 0 Å². The minimum Gasteiger partial charge on any atom is -0.366 e. The van der Waals surface area contributed by atoms with Crippen LogP contribution < -0.4 is 11.1 Å². The van der Waals surface area contributed by atoms with Crippen molar-refractivity contribution in [2.45, 2.75) is 6.18 Å². The molecule has 0 atom stereocenters. The lowest BCUT2D eigenvalue weighted by atomic mass is 10.0. The maximum atomic E-state index is 12.7. The number of primary amides is 1. The van der Waals surface area contributed by atoms with Crippen molar-refractivity contribution in [2.75, 3.05) is 5.32 Å². The number of pyridine rings is 2. The van der Waals surface area contributed by atoms with Gasteiger partial charge in [-0.15, -0.1) is 0 Å². The number of hydrogen-bond acceptors (Lipinski definition) is 4. The summed E-state index contributed by atoms with van der Waals surface area (Å²) in [6, 6.07) is 13.6. The summed E-state index contributed by atoms with van der Waals surface area (Å²) in [5.74, 6) is -0.147. The van der Waals surface area contributed by atoms with Crippen LogP contribution in [0.3, 0.4) is 0 Å². The molecule has 0 unspecified atom stereocenters. The summed E-state index contributed by atoms with van der Waals surface area (Å²) in [4.78, 5) is 18.8. The number of rotatable bonds is 4. The van der Waals surface area contributed by atoms with Gasteiger partial charge in [0, 0.05) is 11.8 Å². The molecule has 8 heteroatoms. The maximum Gasteiger partial charge on any atom is 0.433 e. The van der Waals surface area contributed by atoms with Gasteiger partial charge in [-0.25, -0.2) is 9.97 Å². The number of carbonyl (C=O) groups excluding carboxylic acids is 1. The highest BCUT2D eigenvalue weighted by Crippen LogP contribution is 2.29. The van der Waals surface area contributed by atoms with Crippen LogP contribution in [-0.4, -0.2) is 15.9 Å². The number of alkyl halides is 3. The minimum atomic E-state index is -4.52. The predicted octanol–water partition coefficient (Wildman–Crippen LogP) is 4.00. The molecule has 0 aliphatic carbocycles. The fourth-order valence-corrected chi connectivity index (χ4v) is 2.30. The van der Waals surface area contributed by atoms with Gasteiger partial charge < -0.3 is 11.1 Å². The van der Waals surface area contributed by atoms with Crippen LogP contribution in [0.25, 0.3) is 11.1 Å². The zero-order chi connectivity index (χ0) is 18.7. The first-order valence-corrected chi connectivity index (χ1v) is 7.50. The van der Waals surface area contributed by atoms with E-state index in [-0.39, 0.29) is 5.82 Å². The van der Waals surface area contributed by atoms with Crippen molar-refractivity contribution < 1.29 is 18.0 Å². The fraction of sp³-hybridized carbons (Fsp3) is 0.0556. The summed E-state index contributed by atoms with van der Waals surface area (Å²) in [6.07, 6.45) is -3.00. The molecule has 1 aromatic carbocycles. The van der Waals surface area contributed by atoms with Crippen LogP contribution in [0, 0.1) is 0 Å². The third-order valence-electron chi connectivity index (χ3n) is 3.56. The molecule has 0 bridgehead atoms. The molecule has 1 amide bonds. The van der Waals surface area contributed by atoms with Crippen molar-refractivity contribution in [1.82, 2.24) is 9.97 Å². The van der Waals surface area contributed by atoms with Gasteiger partial charge >= 0.3 is 6.18 Å². The van der Waals surface area contributed by atoms with Gasteiger partial charge in [0.25, 0.3) is 0 Å². The van der Waals surface area contributed by atoms with E-state index >= 15 is 0 Å². The summed E-state index contributed by atoms with van der Waals surface area (Å²) in [5.41, 5.74) is 6.18.